The van der Waals surface area contributed by atoms with E-state index < -0.39 is 0 Å². The molecule has 0 aromatic heterocycles. The predicted molar refractivity (Wildman–Crippen MR) is 74.0 cm³/mol. The van der Waals surface area contributed by atoms with Gasteiger partial charge >= 0.3 is 0 Å². The summed E-state index contributed by atoms with van der Waals surface area (Å²) in [5.41, 5.74) is 0.164. The molecule has 0 bridgehead atoms. The van der Waals surface area contributed by atoms with E-state index in [0.717, 1.165) is 45.3 Å². The van der Waals surface area contributed by atoms with Crippen LogP contribution < -0.4 is 0 Å². The summed E-state index contributed by atoms with van der Waals surface area (Å²) >= 11 is 0. The SMILES string of the molecule is CCOC1CC(CC(O)C2CCOC3(CCC3)C2)C1. The zero-order valence-electron chi connectivity index (χ0n) is 12.1. The minimum Gasteiger partial charge on any atom is -0.393 e. The van der Waals surface area contributed by atoms with Crippen molar-refractivity contribution in [3.63, 3.8) is 0 Å². The Hall–Kier alpha value is -0.120. The molecule has 1 N–H and O–H groups in total. The molecule has 1 aliphatic heterocycles. The van der Waals surface area contributed by atoms with E-state index in [0.29, 0.717) is 17.9 Å². The Morgan fingerprint density at radius 1 is 1.37 bits per heavy atom. The second-order valence-electron chi connectivity index (χ2n) is 6.86. The molecule has 1 saturated heterocycles. The number of ether oxygens (including phenoxy) is 2. The van der Waals surface area contributed by atoms with Crippen LogP contribution in [0.25, 0.3) is 0 Å². The van der Waals surface area contributed by atoms with Gasteiger partial charge < -0.3 is 14.6 Å². The lowest BCUT2D eigenvalue weighted by Gasteiger charge is -2.48. The summed E-state index contributed by atoms with van der Waals surface area (Å²) in [6.45, 7) is 3.73. The highest BCUT2D eigenvalue weighted by molar-refractivity contribution is 4.96. The maximum absolute atomic E-state index is 10.5. The maximum Gasteiger partial charge on any atom is 0.0686 e. The van der Waals surface area contributed by atoms with Crippen LogP contribution in [0, 0.1) is 11.8 Å². The third-order valence-corrected chi connectivity index (χ3v) is 5.51. The Morgan fingerprint density at radius 2 is 2.16 bits per heavy atom. The third kappa shape index (κ3) is 2.98. The number of aliphatic hydroxyl groups is 1. The fraction of sp³-hybridized carbons (Fsp3) is 1.00. The molecule has 1 heterocycles. The van der Waals surface area contributed by atoms with Gasteiger partial charge in [0.2, 0.25) is 0 Å². The van der Waals surface area contributed by atoms with Gasteiger partial charge in [-0.1, -0.05) is 0 Å². The summed E-state index contributed by atoms with van der Waals surface area (Å²) in [5, 5.41) is 10.5. The summed E-state index contributed by atoms with van der Waals surface area (Å²) in [4.78, 5) is 0. The smallest absolute Gasteiger partial charge is 0.0686 e. The van der Waals surface area contributed by atoms with Crippen molar-refractivity contribution in [1.82, 2.24) is 0 Å². The fourth-order valence-electron chi connectivity index (χ4n) is 4.09. The molecule has 2 atom stereocenters. The van der Waals surface area contributed by atoms with Gasteiger partial charge in [0.15, 0.2) is 0 Å². The van der Waals surface area contributed by atoms with Gasteiger partial charge in [0, 0.05) is 13.2 Å². The highest BCUT2D eigenvalue weighted by Gasteiger charge is 2.44. The van der Waals surface area contributed by atoms with Gasteiger partial charge in [-0.05, 0) is 70.1 Å². The maximum atomic E-state index is 10.5. The molecule has 3 heteroatoms. The van der Waals surface area contributed by atoms with Crippen molar-refractivity contribution in [1.29, 1.82) is 0 Å². The molecule has 19 heavy (non-hydrogen) atoms. The highest BCUT2D eigenvalue weighted by atomic mass is 16.5. The topological polar surface area (TPSA) is 38.7 Å². The zero-order chi connectivity index (χ0) is 13.3. The van der Waals surface area contributed by atoms with Crippen LogP contribution in [0.3, 0.4) is 0 Å². The Morgan fingerprint density at radius 3 is 2.79 bits per heavy atom. The molecule has 2 unspecified atom stereocenters. The van der Waals surface area contributed by atoms with Crippen molar-refractivity contribution in [3.8, 4) is 0 Å². The van der Waals surface area contributed by atoms with Crippen LogP contribution in [0.1, 0.15) is 58.3 Å². The van der Waals surface area contributed by atoms with Crippen molar-refractivity contribution < 1.29 is 14.6 Å². The average molecular weight is 268 g/mol. The van der Waals surface area contributed by atoms with Crippen molar-refractivity contribution in [2.45, 2.75) is 76.1 Å². The molecule has 2 saturated carbocycles. The van der Waals surface area contributed by atoms with Crippen LogP contribution >= 0.6 is 0 Å². The monoisotopic (exact) mass is 268 g/mol. The molecule has 3 aliphatic rings. The zero-order valence-corrected chi connectivity index (χ0v) is 12.1. The van der Waals surface area contributed by atoms with E-state index >= 15 is 0 Å². The van der Waals surface area contributed by atoms with Gasteiger partial charge in [-0.15, -0.1) is 0 Å². The molecular weight excluding hydrogens is 240 g/mol. The standard InChI is InChI=1S/C16H28O3/c1-2-18-14-8-12(9-14)10-15(17)13-4-7-19-16(11-13)5-3-6-16/h12-15,17H,2-11H2,1H3. The predicted octanol–water partition coefficient (Wildman–Crippen LogP) is 2.90. The van der Waals surface area contributed by atoms with Crippen molar-refractivity contribution in [3.05, 3.63) is 0 Å². The van der Waals surface area contributed by atoms with E-state index in [4.69, 9.17) is 9.47 Å². The number of aliphatic hydroxyl groups excluding tert-OH is 1. The molecule has 0 amide bonds. The fourth-order valence-corrected chi connectivity index (χ4v) is 4.09. The first-order valence-electron chi connectivity index (χ1n) is 8.14. The normalized spacial score (nSPS) is 38.5. The second kappa shape index (κ2) is 5.71. The van der Waals surface area contributed by atoms with Gasteiger partial charge in [-0.3, -0.25) is 0 Å². The van der Waals surface area contributed by atoms with Gasteiger partial charge in [0.1, 0.15) is 0 Å². The summed E-state index contributed by atoms with van der Waals surface area (Å²) < 4.78 is 11.5. The molecule has 3 nitrogen and oxygen atoms in total. The second-order valence-corrected chi connectivity index (χ2v) is 6.86. The van der Waals surface area contributed by atoms with Gasteiger partial charge in [0.05, 0.1) is 17.8 Å². The Labute approximate surface area is 116 Å². The van der Waals surface area contributed by atoms with Crippen LogP contribution in [-0.2, 0) is 9.47 Å². The van der Waals surface area contributed by atoms with E-state index in [1.807, 2.05) is 0 Å². The van der Waals surface area contributed by atoms with E-state index in [1.54, 1.807) is 0 Å². The van der Waals surface area contributed by atoms with Crippen LogP contribution in [0.4, 0.5) is 0 Å². The lowest BCUT2D eigenvalue weighted by Crippen LogP contribution is -2.48. The summed E-state index contributed by atoms with van der Waals surface area (Å²) in [6, 6.07) is 0. The molecule has 2 aliphatic carbocycles. The van der Waals surface area contributed by atoms with Gasteiger partial charge in [-0.2, -0.15) is 0 Å². The van der Waals surface area contributed by atoms with Crippen molar-refractivity contribution >= 4 is 0 Å². The highest BCUT2D eigenvalue weighted by Crippen LogP contribution is 2.46. The third-order valence-electron chi connectivity index (χ3n) is 5.51. The largest absolute Gasteiger partial charge is 0.393 e. The molecule has 3 rings (SSSR count). The molecular formula is C16H28O3. The van der Waals surface area contributed by atoms with Crippen molar-refractivity contribution in [2.75, 3.05) is 13.2 Å². The van der Waals surface area contributed by atoms with Gasteiger partial charge in [-0.25, -0.2) is 0 Å². The van der Waals surface area contributed by atoms with E-state index in [9.17, 15) is 5.11 Å². The minimum absolute atomic E-state index is 0.117. The molecule has 0 radical (unpaired) electrons. The Bertz CT molecular complexity index is 294. The average Bonchev–Trinajstić information content (AvgIpc) is 2.34. The summed E-state index contributed by atoms with van der Waals surface area (Å²) in [5.74, 6) is 1.16. The molecule has 1 spiro atoms. The summed E-state index contributed by atoms with van der Waals surface area (Å²) in [6.07, 6.45) is 9.51. The van der Waals surface area contributed by atoms with Crippen molar-refractivity contribution in [2.24, 2.45) is 11.8 Å². The quantitative estimate of drug-likeness (QED) is 0.833. The molecule has 0 aromatic rings. The first-order valence-corrected chi connectivity index (χ1v) is 8.14. The van der Waals surface area contributed by atoms with Crippen LogP contribution in [0.15, 0.2) is 0 Å². The lowest BCUT2D eigenvalue weighted by molar-refractivity contribution is -0.159. The molecule has 110 valence electrons. The number of rotatable bonds is 5. The van der Waals surface area contributed by atoms with Crippen LogP contribution in [0.2, 0.25) is 0 Å². The van der Waals surface area contributed by atoms with Gasteiger partial charge in [0.25, 0.3) is 0 Å². The Kier molecular flexibility index (Phi) is 4.16. The Balaban J connectivity index is 1.42. The lowest BCUT2D eigenvalue weighted by atomic mass is 9.69. The molecule has 3 fully saturated rings. The number of hydrogen-bond acceptors (Lipinski definition) is 3. The summed E-state index contributed by atoms with van der Waals surface area (Å²) in [7, 11) is 0. The van der Waals surface area contributed by atoms with Crippen LogP contribution in [-0.4, -0.2) is 36.1 Å². The van der Waals surface area contributed by atoms with E-state index in [2.05, 4.69) is 6.92 Å². The van der Waals surface area contributed by atoms with Crippen LogP contribution in [0.5, 0.6) is 0 Å². The first kappa shape index (κ1) is 13.8. The van der Waals surface area contributed by atoms with E-state index in [1.165, 1.54) is 19.3 Å². The minimum atomic E-state index is -0.117. The van der Waals surface area contributed by atoms with E-state index in [-0.39, 0.29) is 11.7 Å². The number of hydrogen-bond donors (Lipinski definition) is 1. The first-order chi connectivity index (χ1) is 9.21. The molecule has 0 aromatic carbocycles.